The van der Waals surface area contributed by atoms with Crippen LogP contribution in [-0.4, -0.2) is 11.6 Å². The zero-order valence-electron chi connectivity index (χ0n) is 11.4. The van der Waals surface area contributed by atoms with Crippen LogP contribution in [0.25, 0.3) is 0 Å². The number of rotatable bonds is 8. The molecule has 0 aromatic carbocycles. The predicted octanol–water partition coefficient (Wildman–Crippen LogP) is 3.78. The number of carbonyl (C=O) groups excluding carboxylic acids is 2. The second kappa shape index (κ2) is 6.82. The summed E-state index contributed by atoms with van der Waals surface area (Å²) in [5.41, 5.74) is -0.801. The van der Waals surface area contributed by atoms with Gasteiger partial charge in [0.15, 0.2) is 0 Å². The topological polar surface area (TPSA) is 34.1 Å². The average molecular weight is 226 g/mol. The first-order chi connectivity index (χ1) is 7.34. The lowest BCUT2D eigenvalue weighted by molar-refractivity contribution is -0.139. The molecule has 0 spiro atoms. The van der Waals surface area contributed by atoms with E-state index in [1.807, 2.05) is 6.92 Å². The maximum atomic E-state index is 12.0. The summed E-state index contributed by atoms with van der Waals surface area (Å²) in [7, 11) is 0. The van der Waals surface area contributed by atoms with Gasteiger partial charge in [-0.15, -0.1) is 0 Å². The van der Waals surface area contributed by atoms with Crippen molar-refractivity contribution in [2.45, 2.75) is 66.7 Å². The van der Waals surface area contributed by atoms with Crippen molar-refractivity contribution in [1.82, 2.24) is 0 Å². The molecule has 1 unspecified atom stereocenters. The first-order valence-corrected chi connectivity index (χ1v) is 6.39. The highest BCUT2D eigenvalue weighted by Gasteiger charge is 2.35. The second-order valence-corrected chi connectivity index (χ2v) is 5.30. The molecule has 0 aromatic rings. The van der Waals surface area contributed by atoms with Gasteiger partial charge < -0.3 is 0 Å². The lowest BCUT2D eigenvalue weighted by Crippen LogP contribution is -2.35. The highest BCUT2D eigenvalue weighted by Crippen LogP contribution is 2.25. The predicted molar refractivity (Wildman–Crippen MR) is 67.4 cm³/mol. The number of hydrogen-bond donors (Lipinski definition) is 0. The highest BCUT2D eigenvalue weighted by molar-refractivity contribution is 6.05. The SMILES string of the molecule is CCCCCCC(C)C(=O)C(C)(C)C(C)=O. The maximum absolute atomic E-state index is 12.0. The Morgan fingerprint density at radius 2 is 1.69 bits per heavy atom. The second-order valence-electron chi connectivity index (χ2n) is 5.30. The van der Waals surface area contributed by atoms with Crippen molar-refractivity contribution in [3.8, 4) is 0 Å². The maximum Gasteiger partial charge on any atom is 0.148 e. The minimum Gasteiger partial charge on any atom is -0.299 e. The van der Waals surface area contributed by atoms with Crippen molar-refractivity contribution in [1.29, 1.82) is 0 Å². The third-order valence-electron chi connectivity index (χ3n) is 3.43. The molecule has 1 atom stereocenters. The van der Waals surface area contributed by atoms with Gasteiger partial charge in [-0.3, -0.25) is 9.59 Å². The quantitative estimate of drug-likeness (QED) is 0.466. The van der Waals surface area contributed by atoms with Crippen molar-refractivity contribution < 1.29 is 9.59 Å². The van der Waals surface area contributed by atoms with E-state index in [0.29, 0.717) is 0 Å². The molecule has 0 fully saturated rings. The van der Waals surface area contributed by atoms with E-state index in [4.69, 9.17) is 0 Å². The van der Waals surface area contributed by atoms with Crippen LogP contribution in [0, 0.1) is 11.3 Å². The minimum absolute atomic E-state index is 0.00996. The molecule has 0 aliphatic heterocycles. The molecule has 0 aliphatic rings. The fourth-order valence-electron chi connectivity index (χ4n) is 1.80. The van der Waals surface area contributed by atoms with Gasteiger partial charge in [0, 0.05) is 5.92 Å². The molecule has 0 saturated carbocycles. The fourth-order valence-corrected chi connectivity index (χ4v) is 1.80. The molecule has 0 saturated heterocycles. The Hall–Kier alpha value is -0.660. The Morgan fingerprint density at radius 1 is 1.12 bits per heavy atom. The summed E-state index contributed by atoms with van der Waals surface area (Å²) >= 11 is 0. The van der Waals surface area contributed by atoms with E-state index < -0.39 is 5.41 Å². The Kier molecular flexibility index (Phi) is 6.54. The molecular weight excluding hydrogens is 200 g/mol. The standard InChI is InChI=1S/C14H26O2/c1-6-7-8-9-10-11(2)13(16)14(4,5)12(3)15/h11H,6-10H2,1-5H3. The molecule has 2 heteroatoms. The van der Waals surface area contributed by atoms with E-state index >= 15 is 0 Å². The lowest BCUT2D eigenvalue weighted by Gasteiger charge is -2.23. The molecule has 0 aromatic heterocycles. The largest absolute Gasteiger partial charge is 0.299 e. The van der Waals surface area contributed by atoms with Crippen LogP contribution in [0.4, 0.5) is 0 Å². The Balaban J connectivity index is 4.13. The normalized spacial score (nSPS) is 13.6. The summed E-state index contributed by atoms with van der Waals surface area (Å²) in [6.07, 6.45) is 5.64. The molecule has 0 heterocycles. The average Bonchev–Trinajstić information content (AvgIpc) is 2.22. The number of carbonyl (C=O) groups is 2. The molecule has 16 heavy (non-hydrogen) atoms. The summed E-state index contributed by atoms with van der Waals surface area (Å²) in [5.74, 6) is 0.0742. The van der Waals surface area contributed by atoms with Crippen LogP contribution in [0.1, 0.15) is 66.7 Å². The van der Waals surface area contributed by atoms with Gasteiger partial charge in [0.25, 0.3) is 0 Å². The third kappa shape index (κ3) is 4.46. The molecule has 94 valence electrons. The van der Waals surface area contributed by atoms with Crippen LogP contribution in [0.2, 0.25) is 0 Å². The van der Waals surface area contributed by atoms with E-state index in [0.717, 1.165) is 12.8 Å². The number of Topliss-reactive ketones (excluding diaryl/α,β-unsaturated/α-hetero) is 2. The first-order valence-electron chi connectivity index (χ1n) is 6.39. The zero-order valence-corrected chi connectivity index (χ0v) is 11.4. The van der Waals surface area contributed by atoms with Gasteiger partial charge in [-0.05, 0) is 27.2 Å². The van der Waals surface area contributed by atoms with Gasteiger partial charge in [-0.25, -0.2) is 0 Å². The van der Waals surface area contributed by atoms with Crippen molar-refractivity contribution in [3.05, 3.63) is 0 Å². The summed E-state index contributed by atoms with van der Waals surface area (Å²) in [4.78, 5) is 23.4. The molecule has 0 amide bonds. The van der Waals surface area contributed by atoms with Crippen LogP contribution in [0.3, 0.4) is 0 Å². The van der Waals surface area contributed by atoms with Crippen molar-refractivity contribution in [2.75, 3.05) is 0 Å². The minimum atomic E-state index is -0.801. The van der Waals surface area contributed by atoms with Crippen LogP contribution in [-0.2, 0) is 9.59 Å². The first kappa shape index (κ1) is 15.3. The van der Waals surface area contributed by atoms with Crippen molar-refractivity contribution >= 4 is 11.6 Å². The Labute approximate surface area is 99.8 Å². The van der Waals surface area contributed by atoms with Gasteiger partial charge >= 0.3 is 0 Å². The molecular formula is C14H26O2. The Bertz CT molecular complexity index is 241. The smallest absolute Gasteiger partial charge is 0.148 e. The number of unbranched alkanes of at least 4 members (excludes halogenated alkanes) is 3. The van der Waals surface area contributed by atoms with Crippen LogP contribution in [0.15, 0.2) is 0 Å². The van der Waals surface area contributed by atoms with Crippen molar-refractivity contribution in [2.24, 2.45) is 11.3 Å². The number of hydrogen-bond acceptors (Lipinski definition) is 2. The van der Waals surface area contributed by atoms with E-state index in [1.165, 1.54) is 26.2 Å². The van der Waals surface area contributed by atoms with E-state index in [9.17, 15) is 9.59 Å². The summed E-state index contributed by atoms with van der Waals surface area (Å²) < 4.78 is 0. The van der Waals surface area contributed by atoms with Crippen LogP contribution >= 0.6 is 0 Å². The molecule has 0 bridgehead atoms. The van der Waals surface area contributed by atoms with Crippen LogP contribution < -0.4 is 0 Å². The molecule has 0 aliphatic carbocycles. The third-order valence-corrected chi connectivity index (χ3v) is 3.43. The summed E-state index contributed by atoms with van der Waals surface area (Å²) in [6.45, 7) is 9.09. The van der Waals surface area contributed by atoms with Gasteiger partial charge in [0.05, 0.1) is 5.41 Å². The van der Waals surface area contributed by atoms with Gasteiger partial charge in [-0.1, -0.05) is 39.5 Å². The highest BCUT2D eigenvalue weighted by atomic mass is 16.2. The van der Waals surface area contributed by atoms with Crippen molar-refractivity contribution in [3.63, 3.8) is 0 Å². The van der Waals surface area contributed by atoms with Gasteiger partial charge in [0.1, 0.15) is 11.6 Å². The molecule has 0 rings (SSSR count). The van der Waals surface area contributed by atoms with E-state index in [-0.39, 0.29) is 17.5 Å². The summed E-state index contributed by atoms with van der Waals surface area (Å²) in [6, 6.07) is 0. The van der Waals surface area contributed by atoms with Gasteiger partial charge in [-0.2, -0.15) is 0 Å². The summed E-state index contributed by atoms with van der Waals surface area (Å²) in [5, 5.41) is 0. The Morgan fingerprint density at radius 3 is 2.12 bits per heavy atom. The number of ketones is 2. The van der Waals surface area contributed by atoms with Crippen LogP contribution in [0.5, 0.6) is 0 Å². The molecule has 0 radical (unpaired) electrons. The zero-order chi connectivity index (χ0) is 12.8. The van der Waals surface area contributed by atoms with Gasteiger partial charge in [0.2, 0.25) is 0 Å². The molecule has 0 N–H and O–H groups in total. The molecule has 2 nitrogen and oxygen atoms in total. The van der Waals surface area contributed by atoms with E-state index in [2.05, 4.69) is 6.92 Å². The lowest BCUT2D eigenvalue weighted by atomic mass is 9.77. The fraction of sp³-hybridized carbons (Fsp3) is 0.857. The monoisotopic (exact) mass is 226 g/mol. The van der Waals surface area contributed by atoms with E-state index in [1.54, 1.807) is 13.8 Å².